The van der Waals surface area contributed by atoms with Crippen molar-refractivity contribution >= 4 is 12.9 Å². The van der Waals surface area contributed by atoms with Crippen LogP contribution in [0, 0.1) is 0 Å². The molecule has 0 aromatic rings. The molecule has 48 valence electrons. The Morgan fingerprint density at radius 2 is 1.75 bits per heavy atom. The Kier molecular flexibility index (Phi) is 2.70. The molecule has 2 heteroatoms. The van der Waals surface area contributed by atoms with Gasteiger partial charge in [0.05, 0.1) is 6.10 Å². The van der Waals surface area contributed by atoms with Crippen LogP contribution in [0.15, 0.2) is 0 Å². The van der Waals surface area contributed by atoms with Gasteiger partial charge in [0, 0.05) is 0 Å². The van der Waals surface area contributed by atoms with Gasteiger partial charge in [-0.25, -0.2) is 0 Å². The van der Waals surface area contributed by atoms with Crippen LogP contribution >= 0.6 is 12.9 Å². The molecule has 0 aliphatic heterocycles. The first kappa shape index (κ1) is 6.43. The summed E-state index contributed by atoms with van der Waals surface area (Å²) in [4.78, 5) is 0. The minimum Gasteiger partial charge on any atom is -0.315 e. The van der Waals surface area contributed by atoms with Crippen molar-refractivity contribution in [1.82, 2.24) is 0 Å². The topological polar surface area (TPSA) is 9.23 Å². The Morgan fingerprint density at radius 1 is 1.12 bits per heavy atom. The van der Waals surface area contributed by atoms with E-state index in [0.29, 0.717) is 6.10 Å². The van der Waals surface area contributed by atoms with Crippen LogP contribution in [-0.4, -0.2) is 6.10 Å². The van der Waals surface area contributed by atoms with Crippen molar-refractivity contribution in [3.8, 4) is 0 Å². The first-order chi connectivity index (χ1) is 3.93. The van der Waals surface area contributed by atoms with Gasteiger partial charge in [0.25, 0.3) is 0 Å². The van der Waals surface area contributed by atoms with Gasteiger partial charge in [-0.1, -0.05) is 19.3 Å². The van der Waals surface area contributed by atoms with E-state index in [1.807, 2.05) is 0 Å². The molecular formula is C6H12OS. The van der Waals surface area contributed by atoms with Crippen LogP contribution in [0.2, 0.25) is 0 Å². The van der Waals surface area contributed by atoms with Crippen molar-refractivity contribution in [2.24, 2.45) is 0 Å². The van der Waals surface area contributed by atoms with Crippen molar-refractivity contribution in [2.75, 3.05) is 0 Å². The highest BCUT2D eigenvalue weighted by atomic mass is 32.1. The molecule has 0 bridgehead atoms. The Bertz CT molecular complexity index is 59.5. The molecule has 0 unspecified atom stereocenters. The summed E-state index contributed by atoms with van der Waals surface area (Å²) in [6, 6.07) is 0. The third-order valence-electron chi connectivity index (χ3n) is 1.70. The first-order valence-electron chi connectivity index (χ1n) is 3.23. The fourth-order valence-corrected chi connectivity index (χ4v) is 1.38. The fraction of sp³-hybridized carbons (Fsp3) is 1.00. The lowest BCUT2D eigenvalue weighted by atomic mass is 9.98. The standard InChI is InChI=1S/C6H12OS/c8-7-6-4-2-1-3-5-6/h6,8H,1-5H2. The molecule has 1 nitrogen and oxygen atoms in total. The normalized spacial score (nSPS) is 23.6. The van der Waals surface area contributed by atoms with Gasteiger partial charge in [-0.05, 0) is 25.8 Å². The molecule has 0 spiro atoms. The molecule has 0 radical (unpaired) electrons. The lowest BCUT2D eigenvalue weighted by molar-refractivity contribution is 0.189. The monoisotopic (exact) mass is 132 g/mol. The molecule has 1 rings (SSSR count). The Hall–Kier alpha value is 0.310. The average molecular weight is 132 g/mol. The maximum atomic E-state index is 4.89. The Morgan fingerprint density at radius 3 is 2.12 bits per heavy atom. The highest BCUT2D eigenvalue weighted by Gasteiger charge is 2.11. The SMILES string of the molecule is SOC1CCCCC1. The highest BCUT2D eigenvalue weighted by molar-refractivity contribution is 7.75. The number of hydrogen-bond acceptors (Lipinski definition) is 2. The van der Waals surface area contributed by atoms with Crippen molar-refractivity contribution in [2.45, 2.75) is 38.2 Å². The molecular weight excluding hydrogens is 120 g/mol. The number of hydrogen-bond donors (Lipinski definition) is 1. The van der Waals surface area contributed by atoms with E-state index in [-0.39, 0.29) is 0 Å². The average Bonchev–Trinajstić information content (AvgIpc) is 1.90. The van der Waals surface area contributed by atoms with E-state index < -0.39 is 0 Å². The maximum absolute atomic E-state index is 4.89. The van der Waals surface area contributed by atoms with Crippen LogP contribution in [0.25, 0.3) is 0 Å². The summed E-state index contributed by atoms with van der Waals surface area (Å²) in [7, 11) is 0. The van der Waals surface area contributed by atoms with Crippen LogP contribution in [0.4, 0.5) is 0 Å². The van der Waals surface area contributed by atoms with Crippen molar-refractivity contribution in [3.05, 3.63) is 0 Å². The van der Waals surface area contributed by atoms with Crippen LogP contribution in [0.1, 0.15) is 32.1 Å². The Labute approximate surface area is 56.0 Å². The van der Waals surface area contributed by atoms with E-state index in [1.54, 1.807) is 0 Å². The smallest absolute Gasteiger partial charge is 0.0719 e. The molecule has 0 N–H and O–H groups in total. The molecule has 1 fully saturated rings. The summed E-state index contributed by atoms with van der Waals surface area (Å²) in [5.41, 5.74) is 0. The van der Waals surface area contributed by atoms with Gasteiger partial charge < -0.3 is 4.18 Å². The van der Waals surface area contributed by atoms with Crippen LogP contribution in [0.3, 0.4) is 0 Å². The maximum Gasteiger partial charge on any atom is 0.0719 e. The zero-order valence-electron chi connectivity index (χ0n) is 4.97. The number of rotatable bonds is 1. The first-order valence-corrected chi connectivity index (χ1v) is 3.60. The highest BCUT2D eigenvalue weighted by Crippen LogP contribution is 2.20. The molecule has 8 heavy (non-hydrogen) atoms. The van der Waals surface area contributed by atoms with Crippen LogP contribution < -0.4 is 0 Å². The summed E-state index contributed by atoms with van der Waals surface area (Å²) >= 11 is 3.76. The van der Waals surface area contributed by atoms with E-state index in [2.05, 4.69) is 12.9 Å². The molecule has 0 saturated heterocycles. The quantitative estimate of drug-likeness (QED) is 0.425. The molecule has 0 aromatic carbocycles. The molecule has 1 aliphatic carbocycles. The fourth-order valence-electron chi connectivity index (χ4n) is 1.17. The predicted molar refractivity (Wildman–Crippen MR) is 36.9 cm³/mol. The van der Waals surface area contributed by atoms with Crippen LogP contribution in [0.5, 0.6) is 0 Å². The molecule has 1 saturated carbocycles. The zero-order valence-corrected chi connectivity index (χ0v) is 5.86. The van der Waals surface area contributed by atoms with Gasteiger partial charge >= 0.3 is 0 Å². The summed E-state index contributed by atoms with van der Waals surface area (Å²) in [5, 5.41) is 0. The second-order valence-corrected chi connectivity index (χ2v) is 2.58. The third-order valence-corrected chi connectivity index (χ3v) is 2.00. The second-order valence-electron chi connectivity index (χ2n) is 2.37. The molecule has 0 amide bonds. The van der Waals surface area contributed by atoms with E-state index in [4.69, 9.17) is 4.18 Å². The van der Waals surface area contributed by atoms with E-state index in [9.17, 15) is 0 Å². The minimum atomic E-state index is 0.451. The van der Waals surface area contributed by atoms with Crippen molar-refractivity contribution < 1.29 is 4.18 Å². The van der Waals surface area contributed by atoms with Gasteiger partial charge in [0.1, 0.15) is 0 Å². The summed E-state index contributed by atoms with van der Waals surface area (Å²) in [5.74, 6) is 0. The molecule has 0 atom stereocenters. The van der Waals surface area contributed by atoms with Gasteiger partial charge in [0.15, 0.2) is 0 Å². The van der Waals surface area contributed by atoms with Crippen LogP contribution in [-0.2, 0) is 4.18 Å². The van der Waals surface area contributed by atoms with Crippen molar-refractivity contribution in [3.63, 3.8) is 0 Å². The minimum absolute atomic E-state index is 0.451. The van der Waals surface area contributed by atoms with Gasteiger partial charge in [0.2, 0.25) is 0 Å². The Balaban J connectivity index is 2.13. The largest absolute Gasteiger partial charge is 0.315 e. The second kappa shape index (κ2) is 3.36. The van der Waals surface area contributed by atoms with E-state index >= 15 is 0 Å². The summed E-state index contributed by atoms with van der Waals surface area (Å²) in [6.07, 6.45) is 6.91. The summed E-state index contributed by atoms with van der Waals surface area (Å²) in [6.45, 7) is 0. The summed E-state index contributed by atoms with van der Waals surface area (Å²) < 4.78 is 4.89. The number of thiol groups is 1. The van der Waals surface area contributed by atoms with Gasteiger partial charge in [-0.15, -0.1) is 0 Å². The lowest BCUT2D eigenvalue weighted by Gasteiger charge is -2.18. The van der Waals surface area contributed by atoms with Gasteiger partial charge in [-0.2, -0.15) is 0 Å². The van der Waals surface area contributed by atoms with E-state index in [0.717, 1.165) is 0 Å². The predicted octanol–water partition coefficient (Wildman–Crippen LogP) is 2.18. The molecule has 0 heterocycles. The van der Waals surface area contributed by atoms with E-state index in [1.165, 1.54) is 32.1 Å². The molecule has 1 aliphatic rings. The van der Waals surface area contributed by atoms with Crippen molar-refractivity contribution in [1.29, 1.82) is 0 Å². The molecule has 0 aromatic heterocycles. The lowest BCUT2D eigenvalue weighted by Crippen LogP contribution is -2.11. The zero-order chi connectivity index (χ0) is 5.82. The third kappa shape index (κ3) is 1.67. The van der Waals surface area contributed by atoms with Gasteiger partial charge in [-0.3, -0.25) is 0 Å².